The van der Waals surface area contributed by atoms with Crippen LogP contribution in [0.5, 0.6) is 5.75 Å². The van der Waals surface area contributed by atoms with Crippen molar-refractivity contribution in [1.82, 2.24) is 5.32 Å². The van der Waals surface area contributed by atoms with Crippen molar-refractivity contribution in [2.45, 2.75) is 38.5 Å². The number of nitrogens with two attached hydrogens (primary N) is 1. The van der Waals surface area contributed by atoms with Gasteiger partial charge in [-0.25, -0.2) is 21.8 Å². The molecule has 10 nitrogen and oxygen atoms in total. The van der Waals surface area contributed by atoms with Crippen LogP contribution in [0.4, 0.5) is 13.2 Å². The van der Waals surface area contributed by atoms with Crippen LogP contribution in [0.2, 0.25) is 5.02 Å². The molecule has 1 heterocycles. The molecule has 0 aliphatic carbocycles. The van der Waals surface area contributed by atoms with Crippen LogP contribution in [0.1, 0.15) is 31.9 Å². The Morgan fingerprint density at radius 3 is 2.24 bits per heavy atom. The van der Waals surface area contributed by atoms with Gasteiger partial charge < -0.3 is 19.9 Å². The average Bonchev–Trinajstić information content (AvgIpc) is 2.71. The van der Waals surface area contributed by atoms with E-state index in [2.05, 4.69) is 20.8 Å². The van der Waals surface area contributed by atoms with Crippen molar-refractivity contribution < 1.29 is 53.3 Å². The molecule has 1 unspecified atom stereocenters. The van der Waals surface area contributed by atoms with E-state index in [9.17, 15) is 22.8 Å². The van der Waals surface area contributed by atoms with Gasteiger partial charge in [0.2, 0.25) is 12.9 Å². The van der Waals surface area contributed by atoms with Crippen LogP contribution < -0.4 is 21.8 Å². The molecule has 0 spiro atoms. The largest absolute Gasteiger partial charge is 0.480 e. The monoisotopic (exact) mass is 502 g/mol. The van der Waals surface area contributed by atoms with Crippen molar-refractivity contribution in [1.29, 1.82) is 0 Å². The molecule has 2 rings (SSSR count). The third-order valence-electron chi connectivity index (χ3n) is 3.86. The quantitative estimate of drug-likeness (QED) is 0.228. The molecule has 1 atom stereocenters. The van der Waals surface area contributed by atoms with Gasteiger partial charge in [-0.2, -0.15) is 13.2 Å². The van der Waals surface area contributed by atoms with Crippen LogP contribution in [0.25, 0.3) is 6.08 Å². The number of likely N-dealkylation sites (N-methyl/N-ethyl adjacent to an activating group) is 1. The first-order valence-corrected chi connectivity index (χ1v) is 9.56. The van der Waals surface area contributed by atoms with E-state index in [1.165, 1.54) is 12.1 Å². The second-order valence-corrected chi connectivity index (χ2v) is 7.81. The maximum Gasteiger partial charge on any atom is 0.430 e. The van der Waals surface area contributed by atoms with E-state index < -0.39 is 42.0 Å². The van der Waals surface area contributed by atoms with E-state index in [4.69, 9.17) is 32.5 Å². The number of alkyl halides is 3. The molecule has 1 aliphatic heterocycles. The zero-order valence-corrected chi connectivity index (χ0v) is 19.2. The lowest BCUT2D eigenvalue weighted by Gasteiger charge is -2.30. The lowest BCUT2D eigenvalue weighted by molar-refractivity contribution is -0.670. The normalized spacial score (nSPS) is 14.9. The first-order chi connectivity index (χ1) is 15.2. The minimum Gasteiger partial charge on any atom is -0.480 e. The van der Waals surface area contributed by atoms with Crippen molar-refractivity contribution in [3.05, 3.63) is 33.9 Å². The predicted molar refractivity (Wildman–Crippen MR) is 111 cm³/mol. The number of hydrogen-bond donors (Lipinski definition) is 5. The molecule has 0 bridgehead atoms. The third kappa shape index (κ3) is 9.53. The number of fused-ring (bicyclic) bond motifs is 1. The van der Waals surface area contributed by atoms with E-state index in [1.807, 2.05) is 20.8 Å². The summed E-state index contributed by atoms with van der Waals surface area (Å²) in [4.78, 5) is 25.5. The molecule has 14 heteroatoms. The Hall–Kier alpha value is -2.42. The topological polar surface area (TPSA) is 168 Å². The number of carbonyl (C=O) groups is 2. The molecule has 0 radical (unpaired) electrons. The highest BCUT2D eigenvalue weighted by Crippen LogP contribution is 2.42. The fourth-order valence-electron chi connectivity index (χ4n) is 2.52. The highest BCUT2D eigenvalue weighted by molar-refractivity contribution is 6.31. The van der Waals surface area contributed by atoms with Gasteiger partial charge in [0.15, 0.2) is 0 Å². The lowest BCUT2D eigenvalue weighted by atomic mass is 9.85. The molecule has 1 aromatic rings. The number of benzene rings is 1. The Balaban J connectivity index is 0.00000111. The summed E-state index contributed by atoms with van der Waals surface area (Å²) in [6.07, 6.45) is -6.22. The molecule has 1 aliphatic rings. The summed E-state index contributed by atoms with van der Waals surface area (Å²) >= 11 is 6.22. The Labute approximate surface area is 193 Å². The summed E-state index contributed by atoms with van der Waals surface area (Å²) in [5.74, 6) is 4.89. The summed E-state index contributed by atoms with van der Waals surface area (Å²) in [6, 6.07) is 2.91. The highest BCUT2D eigenvalue weighted by Gasteiger charge is 2.49. The van der Waals surface area contributed by atoms with E-state index in [-0.39, 0.29) is 17.9 Å². The molecule has 1 aromatic carbocycles. The molecular formula is C19H28ClF3N3O7+. The van der Waals surface area contributed by atoms with Crippen LogP contribution in [0.15, 0.2) is 17.7 Å². The number of esters is 1. The van der Waals surface area contributed by atoms with E-state index in [1.54, 1.807) is 7.05 Å². The smallest absolute Gasteiger partial charge is 0.430 e. The number of carboxylic acid groups (broad SMARTS) is 1. The van der Waals surface area contributed by atoms with Crippen LogP contribution in [-0.2, 0) is 24.6 Å². The number of hydrogen-bond acceptors (Lipinski definition) is 8. The Kier molecular flexibility index (Phi) is 12.3. The minimum absolute atomic E-state index is 0.0109. The number of carbonyl (C=O) groups excluding carboxylic acids is 1. The molecule has 0 fully saturated rings. The zero-order valence-electron chi connectivity index (χ0n) is 18.5. The van der Waals surface area contributed by atoms with Crippen molar-refractivity contribution in [2.75, 3.05) is 20.4 Å². The molecule has 33 heavy (non-hydrogen) atoms. The summed E-state index contributed by atoms with van der Waals surface area (Å²) in [5, 5.41) is 17.4. The molecule has 0 aromatic heterocycles. The highest BCUT2D eigenvalue weighted by atomic mass is 35.5. The number of aliphatic carboxylic acids is 1. The third-order valence-corrected chi connectivity index (χ3v) is 4.18. The second-order valence-electron chi connectivity index (χ2n) is 7.40. The molecule has 188 valence electrons. The number of halogens is 4. The van der Waals surface area contributed by atoms with Gasteiger partial charge in [0.05, 0.1) is 12.1 Å². The van der Waals surface area contributed by atoms with Crippen LogP contribution in [0, 0.1) is 0 Å². The number of rotatable bonds is 5. The van der Waals surface area contributed by atoms with Gasteiger partial charge in [-0.15, -0.1) is 0 Å². The van der Waals surface area contributed by atoms with E-state index in [0.717, 1.165) is 6.08 Å². The first-order valence-electron chi connectivity index (χ1n) is 9.18. The fraction of sp³-hybridized carbons (Fsp3) is 0.474. The molecule has 0 saturated carbocycles. The molecule has 0 saturated heterocycles. The van der Waals surface area contributed by atoms with Gasteiger partial charge in [0.1, 0.15) is 5.75 Å². The van der Waals surface area contributed by atoms with Gasteiger partial charge in [0.25, 0.3) is 0 Å². The van der Waals surface area contributed by atoms with Gasteiger partial charge in [-0.3, -0.25) is 9.63 Å². The zero-order chi connectivity index (χ0) is 26.0. The van der Waals surface area contributed by atoms with Crippen LogP contribution in [-0.4, -0.2) is 54.9 Å². The predicted octanol–water partition coefficient (Wildman–Crippen LogP) is 1.64. The summed E-state index contributed by atoms with van der Waals surface area (Å²) < 4.78 is 49.6. The fourth-order valence-corrected chi connectivity index (χ4v) is 2.98. The number of carboxylic acids is 1. The summed E-state index contributed by atoms with van der Waals surface area (Å²) in [7, 11) is 1.59. The molecule has 0 amide bonds. The van der Waals surface area contributed by atoms with E-state index in [0.29, 0.717) is 10.6 Å². The standard InChI is InChI=1S/C16H17ClF3NO4.C3H7NO2.H4NO/c1-15(2,3)10-6-12-8(5-11(10)17)4-9(14(22)23-7-24-21)13(25-12)16(18,19)20;1-4-2-3(5)6;1-2/h4-6,13H,7,21H2,1-3H3;4H,2H2,1H3,(H,5,6);2H,1H3/q;;+1. The molecular weight excluding hydrogens is 475 g/mol. The first kappa shape index (κ1) is 30.6. The SMILES string of the molecule is CC(C)(C)c1cc2c(cc1Cl)C=C(C(=O)OCON)C(C(F)(F)F)O2.CNCC(=O)O.[NH3+]O. The summed E-state index contributed by atoms with van der Waals surface area (Å²) in [6.45, 7) is 4.97. The molecule has 8 N–H and O–H groups in total. The van der Waals surface area contributed by atoms with Gasteiger partial charge in [-0.05, 0) is 36.2 Å². The Morgan fingerprint density at radius 1 is 1.27 bits per heavy atom. The maximum absolute atomic E-state index is 13.3. The number of nitrogens with one attached hydrogen (secondary N) is 1. The maximum atomic E-state index is 13.3. The number of quaternary nitrogens is 1. The van der Waals surface area contributed by atoms with Crippen LogP contribution in [0.3, 0.4) is 0 Å². The van der Waals surface area contributed by atoms with Crippen molar-refractivity contribution >= 4 is 29.6 Å². The Morgan fingerprint density at radius 2 is 1.85 bits per heavy atom. The van der Waals surface area contributed by atoms with Crippen molar-refractivity contribution in [2.24, 2.45) is 5.90 Å². The van der Waals surface area contributed by atoms with Gasteiger partial charge >= 0.3 is 18.1 Å². The average molecular weight is 503 g/mol. The number of ether oxygens (including phenoxy) is 2. The summed E-state index contributed by atoms with van der Waals surface area (Å²) in [5.41, 5.74) is -0.231. The lowest BCUT2D eigenvalue weighted by Crippen LogP contribution is -2.42. The van der Waals surface area contributed by atoms with E-state index >= 15 is 0 Å². The second kappa shape index (κ2) is 13.3. The van der Waals surface area contributed by atoms with Crippen molar-refractivity contribution in [3.8, 4) is 5.75 Å². The Bertz CT molecular complexity index is 843. The van der Waals surface area contributed by atoms with Gasteiger partial charge in [-0.1, -0.05) is 32.4 Å². The van der Waals surface area contributed by atoms with Crippen molar-refractivity contribution in [3.63, 3.8) is 0 Å². The van der Waals surface area contributed by atoms with Gasteiger partial charge in [0, 0.05) is 10.6 Å². The minimum atomic E-state index is -4.81. The van der Waals surface area contributed by atoms with Crippen LogP contribution >= 0.6 is 11.6 Å².